The van der Waals surface area contributed by atoms with E-state index in [1.807, 2.05) is 22.6 Å². The number of carboxylic acids is 1. The van der Waals surface area contributed by atoms with Crippen LogP contribution in [0.2, 0.25) is 0 Å². The first-order chi connectivity index (χ1) is 8.47. The smallest absolute Gasteiger partial charge is 0.320 e. The minimum atomic E-state index is -1.21. The van der Waals surface area contributed by atoms with Crippen molar-refractivity contribution in [2.24, 2.45) is 5.73 Å². The molecule has 0 aliphatic carbocycles. The highest BCUT2D eigenvalue weighted by Crippen LogP contribution is 2.29. The van der Waals surface area contributed by atoms with Gasteiger partial charge in [-0.05, 0) is 28.7 Å². The minimum Gasteiger partial charge on any atom is -0.483 e. The average molecular weight is 366 g/mol. The molecule has 0 amide bonds. The van der Waals surface area contributed by atoms with Gasteiger partial charge >= 0.3 is 5.97 Å². The summed E-state index contributed by atoms with van der Waals surface area (Å²) in [5.74, 6) is -0.927. The van der Waals surface area contributed by atoms with E-state index in [2.05, 4.69) is 0 Å². The van der Waals surface area contributed by atoms with Crippen LogP contribution in [0.4, 0.5) is 5.69 Å². The van der Waals surface area contributed by atoms with Crippen molar-refractivity contribution < 1.29 is 19.6 Å². The Bertz CT molecular complexity index is 466. The highest BCUT2D eigenvalue weighted by atomic mass is 127. The minimum absolute atomic E-state index is 0.154. The molecule has 1 rings (SSSR count). The van der Waals surface area contributed by atoms with Crippen molar-refractivity contribution in [2.45, 2.75) is 12.5 Å². The number of aliphatic carboxylic acids is 1. The first-order valence-corrected chi connectivity index (χ1v) is 6.43. The number of nitro benzene ring substituents is 1. The fraction of sp³-hybridized carbons (Fsp3) is 0.300. The van der Waals surface area contributed by atoms with Gasteiger partial charge in [0, 0.05) is 12.5 Å². The second kappa shape index (κ2) is 6.50. The molecule has 0 aromatic heterocycles. The second-order valence-corrected chi connectivity index (χ2v) is 4.04. The Labute approximate surface area is 116 Å². The third-order valence-electron chi connectivity index (χ3n) is 2.26. The number of carbonyl (C=O) groups is 1. The lowest BCUT2D eigenvalue weighted by molar-refractivity contribution is -0.385. The number of hydrogen-bond donors (Lipinski definition) is 2. The Kier molecular flexibility index (Phi) is 5.28. The molecule has 3 N–H and O–H groups in total. The van der Waals surface area contributed by atoms with Crippen LogP contribution in [0.1, 0.15) is 5.56 Å². The predicted octanol–water partition coefficient (Wildman–Crippen LogP) is 1.32. The molecule has 0 aliphatic heterocycles. The summed E-state index contributed by atoms with van der Waals surface area (Å²) >= 11 is 1.94. The molecule has 0 radical (unpaired) electrons. The van der Waals surface area contributed by atoms with Crippen LogP contribution in [0.25, 0.3) is 0 Å². The zero-order chi connectivity index (χ0) is 13.7. The molecule has 98 valence electrons. The molecule has 0 saturated heterocycles. The predicted molar refractivity (Wildman–Crippen MR) is 71.9 cm³/mol. The lowest BCUT2D eigenvalue weighted by Gasteiger charge is -2.12. The number of halogens is 1. The highest BCUT2D eigenvalue weighted by molar-refractivity contribution is 14.1. The van der Waals surface area contributed by atoms with E-state index in [9.17, 15) is 14.9 Å². The molecule has 1 aromatic rings. The zero-order valence-corrected chi connectivity index (χ0v) is 11.4. The van der Waals surface area contributed by atoms with Crippen LogP contribution in [0, 0.1) is 10.1 Å². The standard InChI is InChI=1S/C10H11IN2O5/c11-5-18-9-3-1-2-8(13(16)17)6(9)4-7(12)10(14)15/h1-3,7H,4-5,12H2,(H,14,15)/t7-/m0/s1. The maximum atomic E-state index is 10.9. The molecule has 0 fully saturated rings. The summed E-state index contributed by atoms with van der Waals surface area (Å²) in [7, 11) is 0. The maximum absolute atomic E-state index is 10.9. The number of nitrogens with two attached hydrogens (primary N) is 1. The monoisotopic (exact) mass is 366 g/mol. The SMILES string of the molecule is N[C@@H](Cc1c(OCI)cccc1[N+](=O)[O-])C(=O)O. The number of benzene rings is 1. The van der Waals surface area contributed by atoms with E-state index in [4.69, 9.17) is 15.6 Å². The van der Waals surface area contributed by atoms with Crippen molar-refractivity contribution >= 4 is 34.2 Å². The van der Waals surface area contributed by atoms with E-state index in [1.165, 1.54) is 12.1 Å². The molecule has 0 bridgehead atoms. The summed E-state index contributed by atoms with van der Waals surface area (Å²) in [6.45, 7) is 0. The van der Waals surface area contributed by atoms with Crippen LogP contribution in [0.15, 0.2) is 18.2 Å². The van der Waals surface area contributed by atoms with Gasteiger partial charge in [0.05, 0.1) is 10.5 Å². The van der Waals surface area contributed by atoms with Crippen molar-refractivity contribution in [3.8, 4) is 5.75 Å². The summed E-state index contributed by atoms with van der Waals surface area (Å²) < 4.78 is 5.54. The van der Waals surface area contributed by atoms with Crippen LogP contribution >= 0.6 is 22.6 Å². The first kappa shape index (κ1) is 14.6. The van der Waals surface area contributed by atoms with Crippen LogP contribution in [0.3, 0.4) is 0 Å². The van der Waals surface area contributed by atoms with Crippen molar-refractivity contribution in [2.75, 3.05) is 4.61 Å². The third kappa shape index (κ3) is 3.53. The molecule has 0 saturated carbocycles. The zero-order valence-electron chi connectivity index (χ0n) is 9.21. The van der Waals surface area contributed by atoms with Crippen LogP contribution in [-0.2, 0) is 11.2 Å². The van der Waals surface area contributed by atoms with Gasteiger partial charge in [-0.2, -0.15) is 0 Å². The lowest BCUT2D eigenvalue weighted by Crippen LogP contribution is -2.32. The fourth-order valence-corrected chi connectivity index (χ4v) is 1.77. The van der Waals surface area contributed by atoms with Crippen molar-refractivity contribution in [1.82, 2.24) is 0 Å². The van der Waals surface area contributed by atoms with E-state index in [-0.39, 0.29) is 23.4 Å². The lowest BCUT2D eigenvalue weighted by atomic mass is 10.0. The van der Waals surface area contributed by atoms with Gasteiger partial charge < -0.3 is 15.6 Å². The van der Waals surface area contributed by atoms with Crippen LogP contribution < -0.4 is 10.5 Å². The first-order valence-electron chi connectivity index (χ1n) is 4.90. The molecule has 0 unspecified atom stereocenters. The van der Waals surface area contributed by atoms with Gasteiger partial charge in [0.2, 0.25) is 0 Å². The number of carboxylic acid groups (broad SMARTS) is 1. The molecular formula is C10H11IN2O5. The summed E-state index contributed by atoms with van der Waals surface area (Å²) in [6, 6.07) is 3.12. The molecule has 0 heterocycles. The number of alkyl halides is 1. The summed E-state index contributed by atoms with van der Waals surface area (Å²) in [5, 5.41) is 19.6. The molecular weight excluding hydrogens is 355 g/mol. The van der Waals surface area contributed by atoms with E-state index in [0.29, 0.717) is 4.61 Å². The maximum Gasteiger partial charge on any atom is 0.320 e. The van der Waals surface area contributed by atoms with Gasteiger partial charge in [-0.15, -0.1) is 0 Å². The summed E-state index contributed by atoms with van der Waals surface area (Å²) in [6.07, 6.45) is -0.154. The number of nitro groups is 1. The van der Waals surface area contributed by atoms with Crippen LogP contribution in [-0.4, -0.2) is 26.7 Å². The van der Waals surface area contributed by atoms with Gasteiger partial charge in [-0.1, -0.05) is 6.07 Å². The fourth-order valence-electron chi connectivity index (χ4n) is 1.43. The highest BCUT2D eigenvalue weighted by Gasteiger charge is 2.23. The molecule has 7 nitrogen and oxygen atoms in total. The number of rotatable bonds is 6. The largest absolute Gasteiger partial charge is 0.483 e. The molecule has 1 aromatic carbocycles. The van der Waals surface area contributed by atoms with Crippen molar-refractivity contribution in [3.05, 3.63) is 33.9 Å². The van der Waals surface area contributed by atoms with Crippen molar-refractivity contribution in [1.29, 1.82) is 0 Å². The Morgan fingerprint density at radius 2 is 2.28 bits per heavy atom. The Hall–Kier alpha value is -1.42. The third-order valence-corrected chi connectivity index (χ3v) is 2.57. The van der Waals surface area contributed by atoms with E-state index >= 15 is 0 Å². The average Bonchev–Trinajstić information content (AvgIpc) is 2.30. The Balaban J connectivity index is 3.17. The number of ether oxygens (including phenoxy) is 1. The molecule has 0 spiro atoms. The number of hydrogen-bond acceptors (Lipinski definition) is 5. The summed E-state index contributed by atoms with van der Waals surface area (Å²) in [5.41, 5.74) is 5.42. The van der Waals surface area contributed by atoms with E-state index < -0.39 is 16.9 Å². The Morgan fingerprint density at radius 1 is 1.61 bits per heavy atom. The molecule has 8 heteroatoms. The Morgan fingerprint density at radius 3 is 2.78 bits per heavy atom. The van der Waals surface area contributed by atoms with Gasteiger partial charge in [-0.25, -0.2) is 0 Å². The van der Waals surface area contributed by atoms with Gasteiger partial charge in [0.25, 0.3) is 5.69 Å². The quantitative estimate of drug-likeness (QED) is 0.340. The van der Waals surface area contributed by atoms with E-state index in [0.717, 1.165) is 0 Å². The van der Waals surface area contributed by atoms with Crippen molar-refractivity contribution in [3.63, 3.8) is 0 Å². The van der Waals surface area contributed by atoms with Gasteiger partial charge in [0.1, 0.15) is 16.4 Å². The normalized spacial score (nSPS) is 11.9. The summed E-state index contributed by atoms with van der Waals surface area (Å²) in [4.78, 5) is 21.0. The van der Waals surface area contributed by atoms with Crippen LogP contribution in [0.5, 0.6) is 5.75 Å². The second-order valence-electron chi connectivity index (χ2n) is 3.41. The molecule has 18 heavy (non-hydrogen) atoms. The van der Waals surface area contributed by atoms with Gasteiger partial charge in [0.15, 0.2) is 0 Å². The van der Waals surface area contributed by atoms with Gasteiger partial charge in [-0.3, -0.25) is 14.9 Å². The number of nitrogens with zero attached hydrogens (tertiary/aromatic N) is 1. The van der Waals surface area contributed by atoms with E-state index in [1.54, 1.807) is 6.07 Å². The topological polar surface area (TPSA) is 116 Å². The molecule has 1 atom stereocenters. The molecule has 0 aliphatic rings.